The van der Waals surface area contributed by atoms with E-state index in [2.05, 4.69) is 14.9 Å². The number of rotatable bonds is 3. The standard InChI is InChI=1S/C18H24N4O2/c1-13-10-20-15(11-19-13)16(23)21-7-4-18(5-8-21)6-9-22(17(18)24)12-14-2-3-14/h10-11,14H,2-9,12H2,1H3. The molecule has 24 heavy (non-hydrogen) atoms. The molecule has 1 aromatic heterocycles. The van der Waals surface area contributed by atoms with E-state index in [0.717, 1.165) is 44.0 Å². The lowest BCUT2D eigenvalue weighted by atomic mass is 9.77. The van der Waals surface area contributed by atoms with Crippen molar-refractivity contribution in [3.05, 3.63) is 23.8 Å². The molecule has 6 nitrogen and oxygen atoms in total. The Morgan fingerprint density at radius 2 is 1.88 bits per heavy atom. The highest BCUT2D eigenvalue weighted by atomic mass is 16.2. The molecule has 2 amide bonds. The first-order chi connectivity index (χ1) is 11.6. The van der Waals surface area contributed by atoms with E-state index in [9.17, 15) is 9.59 Å². The van der Waals surface area contributed by atoms with Gasteiger partial charge in [0.15, 0.2) is 0 Å². The van der Waals surface area contributed by atoms with E-state index in [1.54, 1.807) is 12.4 Å². The Labute approximate surface area is 142 Å². The molecule has 0 atom stereocenters. The Balaban J connectivity index is 1.38. The summed E-state index contributed by atoms with van der Waals surface area (Å²) in [5, 5.41) is 0. The van der Waals surface area contributed by atoms with Crippen molar-refractivity contribution < 1.29 is 9.59 Å². The fourth-order valence-corrected chi connectivity index (χ4v) is 3.95. The van der Waals surface area contributed by atoms with Crippen LogP contribution in [0.2, 0.25) is 0 Å². The number of likely N-dealkylation sites (tertiary alicyclic amines) is 2. The third kappa shape index (κ3) is 2.78. The number of carbonyl (C=O) groups excluding carboxylic acids is 2. The first-order valence-corrected chi connectivity index (χ1v) is 8.95. The summed E-state index contributed by atoms with van der Waals surface area (Å²) >= 11 is 0. The molecule has 0 unspecified atom stereocenters. The van der Waals surface area contributed by atoms with Crippen LogP contribution in [0.1, 0.15) is 48.3 Å². The van der Waals surface area contributed by atoms with Crippen molar-refractivity contribution in [2.24, 2.45) is 11.3 Å². The predicted octanol–water partition coefficient (Wildman–Crippen LogP) is 1.65. The van der Waals surface area contributed by atoms with Gasteiger partial charge in [-0.3, -0.25) is 14.6 Å². The molecule has 2 aliphatic heterocycles. The summed E-state index contributed by atoms with van der Waals surface area (Å²) in [5.41, 5.74) is 0.978. The summed E-state index contributed by atoms with van der Waals surface area (Å²) in [6.45, 7) is 4.97. The van der Waals surface area contributed by atoms with Crippen molar-refractivity contribution in [1.82, 2.24) is 19.8 Å². The molecule has 1 aromatic rings. The van der Waals surface area contributed by atoms with E-state index in [4.69, 9.17) is 0 Å². The van der Waals surface area contributed by atoms with E-state index in [1.807, 2.05) is 11.8 Å². The van der Waals surface area contributed by atoms with Crippen molar-refractivity contribution in [1.29, 1.82) is 0 Å². The molecule has 2 saturated heterocycles. The van der Waals surface area contributed by atoms with Crippen LogP contribution in [0, 0.1) is 18.3 Å². The molecule has 1 spiro atoms. The highest BCUT2D eigenvalue weighted by molar-refractivity contribution is 5.92. The SMILES string of the molecule is Cc1cnc(C(=O)N2CCC3(CC2)CCN(CC2CC2)C3=O)cn1. The lowest BCUT2D eigenvalue weighted by molar-refractivity contribution is -0.138. The molecule has 6 heteroatoms. The van der Waals surface area contributed by atoms with Crippen LogP contribution in [0.25, 0.3) is 0 Å². The Bertz CT molecular complexity index is 645. The lowest BCUT2D eigenvalue weighted by Crippen LogP contribution is -2.47. The second-order valence-electron chi connectivity index (χ2n) is 7.56. The molecule has 1 saturated carbocycles. The first kappa shape index (κ1) is 15.5. The van der Waals surface area contributed by atoms with Gasteiger partial charge in [0.05, 0.1) is 17.3 Å². The van der Waals surface area contributed by atoms with Gasteiger partial charge in [0, 0.05) is 32.4 Å². The van der Waals surface area contributed by atoms with Gasteiger partial charge >= 0.3 is 0 Å². The van der Waals surface area contributed by atoms with Crippen LogP contribution in [0.3, 0.4) is 0 Å². The summed E-state index contributed by atoms with van der Waals surface area (Å²) in [6.07, 6.45) is 8.21. The maximum absolute atomic E-state index is 12.8. The third-order valence-corrected chi connectivity index (χ3v) is 5.78. The summed E-state index contributed by atoms with van der Waals surface area (Å²) < 4.78 is 0. The van der Waals surface area contributed by atoms with Gasteiger partial charge in [-0.2, -0.15) is 0 Å². The Hall–Kier alpha value is -1.98. The minimum atomic E-state index is -0.218. The fraction of sp³-hybridized carbons (Fsp3) is 0.667. The Morgan fingerprint density at radius 3 is 2.50 bits per heavy atom. The number of amides is 2. The van der Waals surface area contributed by atoms with Gasteiger partial charge in [0.25, 0.3) is 5.91 Å². The van der Waals surface area contributed by atoms with Crippen LogP contribution in [0.15, 0.2) is 12.4 Å². The summed E-state index contributed by atoms with van der Waals surface area (Å²) in [6, 6.07) is 0. The van der Waals surface area contributed by atoms with Crippen molar-refractivity contribution in [3.8, 4) is 0 Å². The average molecular weight is 328 g/mol. The minimum absolute atomic E-state index is 0.0716. The smallest absolute Gasteiger partial charge is 0.274 e. The highest BCUT2D eigenvalue weighted by Gasteiger charge is 2.49. The molecule has 128 valence electrons. The van der Waals surface area contributed by atoms with Crippen molar-refractivity contribution in [3.63, 3.8) is 0 Å². The zero-order valence-electron chi connectivity index (χ0n) is 14.2. The molecule has 3 fully saturated rings. The van der Waals surface area contributed by atoms with Gasteiger partial charge in [0.1, 0.15) is 5.69 Å². The van der Waals surface area contributed by atoms with E-state index in [0.29, 0.717) is 24.7 Å². The number of hydrogen-bond acceptors (Lipinski definition) is 4. The molecule has 1 aliphatic carbocycles. The highest BCUT2D eigenvalue weighted by Crippen LogP contribution is 2.43. The van der Waals surface area contributed by atoms with Gasteiger partial charge in [-0.25, -0.2) is 4.98 Å². The predicted molar refractivity (Wildman–Crippen MR) is 88.3 cm³/mol. The molecule has 3 heterocycles. The van der Waals surface area contributed by atoms with Crippen LogP contribution in [-0.2, 0) is 4.79 Å². The summed E-state index contributed by atoms with van der Waals surface area (Å²) in [5.74, 6) is 1.00. The number of piperidine rings is 1. The monoisotopic (exact) mass is 328 g/mol. The number of carbonyl (C=O) groups is 2. The number of aryl methyl sites for hydroxylation is 1. The van der Waals surface area contributed by atoms with Crippen molar-refractivity contribution >= 4 is 11.8 Å². The molecular formula is C18H24N4O2. The van der Waals surface area contributed by atoms with Gasteiger partial charge < -0.3 is 9.80 Å². The summed E-state index contributed by atoms with van der Waals surface area (Å²) in [7, 11) is 0. The van der Waals surface area contributed by atoms with Gasteiger partial charge in [-0.05, 0) is 44.9 Å². The fourth-order valence-electron chi connectivity index (χ4n) is 3.95. The van der Waals surface area contributed by atoms with E-state index >= 15 is 0 Å². The molecule has 0 bridgehead atoms. The molecule has 0 aromatic carbocycles. The number of hydrogen-bond donors (Lipinski definition) is 0. The molecule has 4 rings (SSSR count). The van der Waals surface area contributed by atoms with Crippen molar-refractivity contribution in [2.45, 2.75) is 39.0 Å². The maximum Gasteiger partial charge on any atom is 0.274 e. The van der Waals surface area contributed by atoms with Crippen LogP contribution in [-0.4, -0.2) is 57.8 Å². The summed E-state index contributed by atoms with van der Waals surface area (Å²) in [4.78, 5) is 37.6. The average Bonchev–Trinajstić information content (AvgIpc) is 3.37. The molecule has 0 N–H and O–H groups in total. The number of nitrogens with zero attached hydrogens (tertiary/aromatic N) is 4. The largest absolute Gasteiger partial charge is 0.342 e. The van der Waals surface area contributed by atoms with Crippen LogP contribution >= 0.6 is 0 Å². The zero-order chi connectivity index (χ0) is 16.7. The van der Waals surface area contributed by atoms with Gasteiger partial charge in [0.2, 0.25) is 5.91 Å². The van der Waals surface area contributed by atoms with Crippen LogP contribution < -0.4 is 0 Å². The van der Waals surface area contributed by atoms with E-state index < -0.39 is 0 Å². The molecular weight excluding hydrogens is 304 g/mol. The van der Waals surface area contributed by atoms with Gasteiger partial charge in [-0.1, -0.05) is 0 Å². The molecule has 3 aliphatic rings. The maximum atomic E-state index is 12.8. The normalized spacial score (nSPS) is 23.1. The first-order valence-electron chi connectivity index (χ1n) is 8.95. The van der Waals surface area contributed by atoms with E-state index in [1.165, 1.54) is 12.8 Å². The van der Waals surface area contributed by atoms with Crippen LogP contribution in [0.5, 0.6) is 0 Å². The molecule has 0 radical (unpaired) electrons. The van der Waals surface area contributed by atoms with E-state index in [-0.39, 0.29) is 11.3 Å². The Morgan fingerprint density at radius 1 is 1.17 bits per heavy atom. The van der Waals surface area contributed by atoms with Crippen LogP contribution in [0.4, 0.5) is 0 Å². The topological polar surface area (TPSA) is 66.4 Å². The number of aromatic nitrogens is 2. The minimum Gasteiger partial charge on any atom is -0.342 e. The van der Waals surface area contributed by atoms with Gasteiger partial charge in [-0.15, -0.1) is 0 Å². The second-order valence-corrected chi connectivity index (χ2v) is 7.56. The zero-order valence-corrected chi connectivity index (χ0v) is 14.2. The van der Waals surface area contributed by atoms with Crippen molar-refractivity contribution in [2.75, 3.05) is 26.2 Å². The quantitative estimate of drug-likeness (QED) is 0.846. The second kappa shape index (κ2) is 5.83. The third-order valence-electron chi connectivity index (χ3n) is 5.78. The Kier molecular flexibility index (Phi) is 3.77. The lowest BCUT2D eigenvalue weighted by Gasteiger charge is -2.37.